The average molecular weight is 200 g/mol. The van der Waals surface area contributed by atoms with Crippen molar-refractivity contribution < 1.29 is 23.8 Å². The first-order valence-corrected chi connectivity index (χ1v) is 4.76. The molecule has 0 aromatic rings. The summed E-state index contributed by atoms with van der Waals surface area (Å²) in [5, 5.41) is 3.37. The Bertz CT molecular complexity index is 114. The molecule has 0 amide bonds. The minimum atomic E-state index is -4.02. The van der Waals surface area contributed by atoms with Crippen LogP contribution in [0, 0.1) is 0 Å². The first-order valence-electron chi connectivity index (χ1n) is 4.76. The molecule has 0 rings (SSSR count). The summed E-state index contributed by atoms with van der Waals surface area (Å²) in [6.07, 6.45) is -1.74. The highest BCUT2D eigenvalue weighted by Crippen LogP contribution is 2.09. The summed E-state index contributed by atoms with van der Waals surface area (Å²) in [6.45, 7) is 3.69. The van der Waals surface area contributed by atoms with Gasteiger partial charge in [0.25, 0.3) is 0 Å². The molecule has 0 fully saturated rings. The number of quaternary nitrogens is 2. The van der Waals surface area contributed by atoms with Gasteiger partial charge in [-0.05, 0) is 6.42 Å². The van der Waals surface area contributed by atoms with Gasteiger partial charge < -0.3 is 10.6 Å². The maximum absolute atomic E-state index is 11.6. The van der Waals surface area contributed by atoms with Crippen LogP contribution in [0.5, 0.6) is 0 Å². The average Bonchev–Trinajstić information content (AvgIpc) is 2.01. The zero-order valence-electron chi connectivity index (χ0n) is 8.03. The summed E-state index contributed by atoms with van der Waals surface area (Å²) in [4.78, 5) is 0. The molecule has 0 aliphatic rings. The number of unbranched alkanes of at least 4 members (excludes halogenated alkanes) is 1. The quantitative estimate of drug-likeness (QED) is 0.518. The fourth-order valence-corrected chi connectivity index (χ4v) is 0.994. The second kappa shape index (κ2) is 7.15. The highest BCUT2D eigenvalue weighted by Gasteiger charge is 2.29. The topological polar surface area (TPSA) is 33.2 Å². The van der Waals surface area contributed by atoms with E-state index in [2.05, 4.69) is 12.2 Å². The maximum atomic E-state index is 11.6. The molecule has 0 aliphatic heterocycles. The lowest BCUT2D eigenvalue weighted by Crippen LogP contribution is -2.96. The summed E-state index contributed by atoms with van der Waals surface area (Å²) < 4.78 is 34.9. The van der Waals surface area contributed by atoms with Gasteiger partial charge in [0, 0.05) is 0 Å². The fourth-order valence-electron chi connectivity index (χ4n) is 0.994. The molecule has 0 unspecified atom stereocenters. The van der Waals surface area contributed by atoms with Crippen molar-refractivity contribution in [1.29, 1.82) is 0 Å². The summed E-state index contributed by atoms with van der Waals surface area (Å²) >= 11 is 0. The van der Waals surface area contributed by atoms with Crippen molar-refractivity contribution >= 4 is 0 Å². The van der Waals surface area contributed by atoms with Crippen LogP contribution in [0.4, 0.5) is 13.2 Å². The van der Waals surface area contributed by atoms with Crippen LogP contribution in [0.15, 0.2) is 0 Å². The van der Waals surface area contributed by atoms with Gasteiger partial charge in [0.2, 0.25) is 0 Å². The largest absolute Gasteiger partial charge is 0.438 e. The van der Waals surface area contributed by atoms with E-state index in [0.29, 0.717) is 6.54 Å². The van der Waals surface area contributed by atoms with E-state index in [0.717, 1.165) is 25.9 Å². The number of hydrogen-bond donors (Lipinski definition) is 2. The number of rotatable bonds is 7. The monoisotopic (exact) mass is 200 g/mol. The predicted molar refractivity (Wildman–Crippen MR) is 44.3 cm³/mol. The molecule has 0 saturated carbocycles. The van der Waals surface area contributed by atoms with E-state index in [-0.39, 0.29) is 0 Å². The van der Waals surface area contributed by atoms with Gasteiger partial charge in [-0.1, -0.05) is 13.3 Å². The van der Waals surface area contributed by atoms with E-state index in [4.69, 9.17) is 0 Å². The van der Waals surface area contributed by atoms with E-state index in [9.17, 15) is 13.2 Å². The van der Waals surface area contributed by atoms with E-state index in [1.165, 1.54) is 5.32 Å². The van der Waals surface area contributed by atoms with Crippen molar-refractivity contribution in [2.45, 2.75) is 25.9 Å². The lowest BCUT2D eigenvalue weighted by atomic mass is 10.3. The van der Waals surface area contributed by atoms with Crippen molar-refractivity contribution in [3.8, 4) is 0 Å². The molecule has 0 aromatic carbocycles. The van der Waals surface area contributed by atoms with Gasteiger partial charge in [-0.15, -0.1) is 0 Å². The van der Waals surface area contributed by atoms with E-state index in [1.54, 1.807) is 0 Å². The van der Waals surface area contributed by atoms with Gasteiger partial charge in [0.15, 0.2) is 6.54 Å². The Balaban J connectivity index is 3.00. The third kappa shape index (κ3) is 11.7. The SMILES string of the molecule is CCCC[NH2+]CC[NH2+]CC(F)(F)F. The Labute approximate surface area is 76.9 Å². The molecule has 2 nitrogen and oxygen atoms in total. The zero-order chi connectivity index (χ0) is 10.2. The van der Waals surface area contributed by atoms with Crippen molar-refractivity contribution in [2.75, 3.05) is 26.2 Å². The van der Waals surface area contributed by atoms with Crippen LogP contribution in [0.25, 0.3) is 0 Å². The van der Waals surface area contributed by atoms with Crippen LogP contribution >= 0.6 is 0 Å². The van der Waals surface area contributed by atoms with E-state index >= 15 is 0 Å². The number of halogens is 3. The number of alkyl halides is 3. The fraction of sp³-hybridized carbons (Fsp3) is 1.00. The van der Waals surface area contributed by atoms with Crippen LogP contribution in [-0.2, 0) is 0 Å². The second-order valence-electron chi connectivity index (χ2n) is 3.12. The minimum absolute atomic E-state index is 0.545. The summed E-state index contributed by atoms with van der Waals surface area (Å²) in [5.41, 5.74) is 0. The molecule has 0 aromatic heterocycles. The Morgan fingerprint density at radius 2 is 1.62 bits per heavy atom. The third-order valence-corrected chi connectivity index (χ3v) is 1.71. The molecule has 0 atom stereocenters. The molecule has 4 N–H and O–H groups in total. The summed E-state index contributed by atoms with van der Waals surface area (Å²) in [7, 11) is 0. The summed E-state index contributed by atoms with van der Waals surface area (Å²) in [5.74, 6) is 0. The van der Waals surface area contributed by atoms with Crippen molar-refractivity contribution in [3.63, 3.8) is 0 Å². The van der Waals surface area contributed by atoms with Crippen LogP contribution in [0.3, 0.4) is 0 Å². The van der Waals surface area contributed by atoms with Gasteiger partial charge in [-0.25, -0.2) is 0 Å². The molecular formula is C8H19F3N2+2. The number of nitrogens with two attached hydrogens (primary N) is 2. The van der Waals surface area contributed by atoms with Gasteiger partial charge in [0.05, 0.1) is 6.54 Å². The molecule has 5 heteroatoms. The number of hydrogen-bond acceptors (Lipinski definition) is 0. The Hall–Kier alpha value is -0.290. The van der Waals surface area contributed by atoms with Crippen LogP contribution in [0.1, 0.15) is 19.8 Å². The van der Waals surface area contributed by atoms with Crippen LogP contribution in [0.2, 0.25) is 0 Å². The van der Waals surface area contributed by atoms with Crippen molar-refractivity contribution in [1.82, 2.24) is 0 Å². The van der Waals surface area contributed by atoms with Crippen molar-refractivity contribution in [3.05, 3.63) is 0 Å². The molecule has 13 heavy (non-hydrogen) atoms. The van der Waals surface area contributed by atoms with Gasteiger partial charge in [-0.3, -0.25) is 0 Å². The Morgan fingerprint density at radius 3 is 2.15 bits per heavy atom. The molecule has 0 radical (unpaired) electrons. The predicted octanol–water partition coefficient (Wildman–Crippen LogP) is -0.524. The Kier molecular flexibility index (Phi) is 6.99. The van der Waals surface area contributed by atoms with Gasteiger partial charge in [-0.2, -0.15) is 13.2 Å². The van der Waals surface area contributed by atoms with E-state index < -0.39 is 12.7 Å². The van der Waals surface area contributed by atoms with Gasteiger partial charge in [0.1, 0.15) is 13.1 Å². The molecule has 0 bridgehead atoms. The normalized spacial score (nSPS) is 12.0. The molecule has 0 spiro atoms. The maximum Gasteiger partial charge on any atom is 0.438 e. The molecule has 0 saturated heterocycles. The lowest BCUT2D eigenvalue weighted by molar-refractivity contribution is -0.732. The van der Waals surface area contributed by atoms with Crippen LogP contribution < -0.4 is 10.6 Å². The zero-order valence-corrected chi connectivity index (χ0v) is 8.03. The standard InChI is InChI=1S/C8H17F3N2/c1-2-3-4-12-5-6-13-7-8(9,10)11/h12-13H,2-7H2,1H3/p+2. The highest BCUT2D eigenvalue weighted by atomic mass is 19.4. The second-order valence-corrected chi connectivity index (χ2v) is 3.12. The first kappa shape index (κ1) is 12.7. The minimum Gasteiger partial charge on any atom is -0.342 e. The third-order valence-electron chi connectivity index (χ3n) is 1.71. The lowest BCUT2D eigenvalue weighted by Gasteiger charge is -2.04. The molecule has 0 heterocycles. The molecule has 0 aliphatic carbocycles. The molecular weight excluding hydrogens is 181 g/mol. The highest BCUT2D eigenvalue weighted by molar-refractivity contribution is 4.40. The summed E-state index contributed by atoms with van der Waals surface area (Å²) in [6, 6.07) is 0. The Morgan fingerprint density at radius 1 is 1.00 bits per heavy atom. The van der Waals surface area contributed by atoms with E-state index in [1.807, 2.05) is 0 Å². The smallest absolute Gasteiger partial charge is 0.342 e. The van der Waals surface area contributed by atoms with Gasteiger partial charge >= 0.3 is 6.18 Å². The van der Waals surface area contributed by atoms with Crippen molar-refractivity contribution in [2.24, 2.45) is 0 Å². The molecule has 80 valence electrons. The first-order chi connectivity index (χ1) is 6.06. The van der Waals surface area contributed by atoms with Crippen LogP contribution in [-0.4, -0.2) is 32.4 Å².